The number of amides is 2. The zero-order valence-electron chi connectivity index (χ0n) is 23.2. The molecule has 5 rings (SSSR count). The Balaban J connectivity index is 1.52. The normalized spacial score (nSPS) is 23.6. The van der Waals surface area contributed by atoms with Crippen molar-refractivity contribution in [3.05, 3.63) is 53.9 Å². The quantitative estimate of drug-likeness (QED) is 0.495. The van der Waals surface area contributed by atoms with Gasteiger partial charge in [-0.1, -0.05) is 12.1 Å². The van der Waals surface area contributed by atoms with Gasteiger partial charge in [-0.3, -0.25) is 14.5 Å². The Morgan fingerprint density at radius 1 is 1.00 bits per heavy atom. The number of hydrogen-bond acceptors (Lipinski definition) is 5. The van der Waals surface area contributed by atoms with E-state index in [1.54, 1.807) is 12.1 Å². The fourth-order valence-electron chi connectivity index (χ4n) is 5.74. The minimum Gasteiger partial charge on any atom is -0.372 e. The van der Waals surface area contributed by atoms with Gasteiger partial charge in [0.25, 0.3) is 5.91 Å². The van der Waals surface area contributed by atoms with Crippen molar-refractivity contribution in [1.82, 2.24) is 4.90 Å². The van der Waals surface area contributed by atoms with Gasteiger partial charge in [0.15, 0.2) is 0 Å². The van der Waals surface area contributed by atoms with E-state index in [2.05, 4.69) is 20.1 Å². The first-order chi connectivity index (χ1) is 19.4. The number of benzene rings is 2. The molecule has 41 heavy (non-hydrogen) atoms. The summed E-state index contributed by atoms with van der Waals surface area (Å²) in [6, 6.07) is 10.5. The van der Waals surface area contributed by atoms with Crippen LogP contribution in [0.4, 0.5) is 34.6 Å². The molecule has 0 bridgehead atoms. The minimum atomic E-state index is -4.90. The van der Waals surface area contributed by atoms with E-state index in [4.69, 9.17) is 0 Å². The highest BCUT2D eigenvalue weighted by Crippen LogP contribution is 2.38. The molecule has 3 atom stereocenters. The van der Waals surface area contributed by atoms with Gasteiger partial charge < -0.3 is 15.1 Å². The molecule has 2 aromatic carbocycles. The summed E-state index contributed by atoms with van der Waals surface area (Å²) in [5, 5.41) is 2.62. The molecular formula is C30H33F4N5O2. The third kappa shape index (κ3) is 6.00. The molecule has 0 saturated carbocycles. The fourth-order valence-corrected chi connectivity index (χ4v) is 5.74. The van der Waals surface area contributed by atoms with Crippen molar-refractivity contribution in [2.45, 2.75) is 44.9 Å². The number of dihydropyridines is 1. The lowest BCUT2D eigenvalue weighted by Crippen LogP contribution is -2.55. The summed E-state index contributed by atoms with van der Waals surface area (Å²) in [6.07, 6.45) is -1.61. The van der Waals surface area contributed by atoms with Gasteiger partial charge in [0.1, 0.15) is 11.7 Å². The van der Waals surface area contributed by atoms with Crippen molar-refractivity contribution in [2.75, 3.05) is 48.3 Å². The summed E-state index contributed by atoms with van der Waals surface area (Å²) in [7, 11) is 2.00. The predicted octanol–water partition coefficient (Wildman–Crippen LogP) is 5.28. The molecule has 2 saturated heterocycles. The highest BCUT2D eigenvalue weighted by Gasteiger charge is 2.43. The van der Waals surface area contributed by atoms with Crippen molar-refractivity contribution in [2.24, 2.45) is 10.9 Å². The molecule has 11 heteroatoms. The lowest BCUT2D eigenvalue weighted by molar-refractivity contribution is -0.124. The van der Waals surface area contributed by atoms with Gasteiger partial charge in [0.2, 0.25) is 5.91 Å². The molecule has 1 unspecified atom stereocenters. The fraction of sp³-hybridized carbons (Fsp3) is 0.433. The summed E-state index contributed by atoms with van der Waals surface area (Å²) >= 11 is 0. The Bertz CT molecular complexity index is 1370. The third-order valence-corrected chi connectivity index (χ3v) is 8.27. The van der Waals surface area contributed by atoms with E-state index in [0.29, 0.717) is 36.6 Å². The molecule has 7 nitrogen and oxygen atoms in total. The van der Waals surface area contributed by atoms with E-state index in [1.165, 1.54) is 12.1 Å². The molecule has 0 aliphatic carbocycles. The number of likely N-dealkylation sites (N-methyl/N-ethyl adjacent to an activating group) is 1. The van der Waals surface area contributed by atoms with Gasteiger partial charge in [-0.2, -0.15) is 13.2 Å². The van der Waals surface area contributed by atoms with Crippen LogP contribution in [0.2, 0.25) is 0 Å². The second-order valence-electron chi connectivity index (χ2n) is 11.0. The molecule has 0 radical (unpaired) electrons. The monoisotopic (exact) mass is 571 g/mol. The lowest BCUT2D eigenvalue weighted by Gasteiger charge is -2.44. The number of hydrogen-bond donors (Lipinski definition) is 1. The molecule has 0 spiro atoms. The van der Waals surface area contributed by atoms with Crippen LogP contribution in [0.5, 0.6) is 0 Å². The smallest absolute Gasteiger partial charge is 0.372 e. The highest BCUT2D eigenvalue weighted by molar-refractivity contribution is 6.11. The van der Waals surface area contributed by atoms with Crippen LogP contribution in [0, 0.1) is 11.7 Å². The Hall–Kier alpha value is -3.73. The molecule has 1 N–H and O–H groups in total. The van der Waals surface area contributed by atoms with Gasteiger partial charge >= 0.3 is 6.18 Å². The van der Waals surface area contributed by atoms with E-state index >= 15 is 4.39 Å². The molecule has 2 amide bonds. The van der Waals surface area contributed by atoms with Gasteiger partial charge in [0.05, 0.1) is 16.9 Å². The topological polar surface area (TPSA) is 68.2 Å². The summed E-state index contributed by atoms with van der Waals surface area (Å²) in [6.45, 7) is 7.04. The van der Waals surface area contributed by atoms with Gasteiger partial charge in [-0.15, -0.1) is 0 Å². The number of alkyl halides is 3. The number of carbonyl (C=O) groups excluding carboxylic acids is 2. The van der Waals surface area contributed by atoms with Crippen LogP contribution in [0.15, 0.2) is 53.0 Å². The van der Waals surface area contributed by atoms with Crippen LogP contribution in [0.25, 0.3) is 11.1 Å². The number of rotatable bonds is 5. The van der Waals surface area contributed by atoms with Crippen molar-refractivity contribution in [3.63, 3.8) is 0 Å². The Labute approximate surface area is 236 Å². The molecule has 2 fully saturated rings. The van der Waals surface area contributed by atoms with Gasteiger partial charge in [0, 0.05) is 61.8 Å². The molecule has 3 aliphatic rings. The van der Waals surface area contributed by atoms with Crippen molar-refractivity contribution in [1.29, 1.82) is 0 Å². The van der Waals surface area contributed by atoms with Crippen molar-refractivity contribution < 1.29 is 27.2 Å². The van der Waals surface area contributed by atoms with Crippen LogP contribution in [-0.4, -0.2) is 74.4 Å². The SMILES string of the molecule is C[C@@H]1CN(c2cc(F)c(-c3ccc(N4CCCC4)cc3)cc2NC(=O)C2C=NC(=O)C=C2C(F)(F)F)C[C@H](C)N1C. The lowest BCUT2D eigenvalue weighted by atomic mass is 9.95. The maximum Gasteiger partial charge on any atom is 0.414 e. The van der Waals surface area contributed by atoms with E-state index < -0.39 is 35.3 Å². The maximum absolute atomic E-state index is 15.7. The van der Waals surface area contributed by atoms with Crippen LogP contribution < -0.4 is 15.1 Å². The summed E-state index contributed by atoms with van der Waals surface area (Å²) < 4.78 is 56.9. The third-order valence-electron chi connectivity index (χ3n) is 8.27. The first kappa shape index (κ1) is 28.8. The summed E-state index contributed by atoms with van der Waals surface area (Å²) in [5.41, 5.74) is 1.10. The van der Waals surface area contributed by atoms with Crippen molar-refractivity contribution in [3.8, 4) is 11.1 Å². The molecule has 3 heterocycles. The van der Waals surface area contributed by atoms with E-state index in [-0.39, 0.29) is 23.3 Å². The van der Waals surface area contributed by atoms with Crippen LogP contribution in [-0.2, 0) is 9.59 Å². The first-order valence-electron chi connectivity index (χ1n) is 13.8. The van der Waals surface area contributed by atoms with E-state index in [9.17, 15) is 22.8 Å². The number of nitrogens with zero attached hydrogens (tertiary/aromatic N) is 4. The van der Waals surface area contributed by atoms with Crippen LogP contribution >= 0.6 is 0 Å². The average molecular weight is 572 g/mol. The standard InChI is InChI=1S/C30H33F4N5O2/c1-18-16-39(17-19(2)37(18)3)27-14-25(31)22(20-6-8-21(9-7-20)38-10-4-5-11-38)12-26(27)36-29(41)23-15-35-28(40)13-24(23)30(32,33)34/h6-9,12-15,18-19,23H,4-5,10-11,16-17H2,1-3H3,(H,36,41)/t18-,19+,23?. The second kappa shape index (κ2) is 11.3. The molecule has 2 aromatic rings. The predicted molar refractivity (Wildman–Crippen MR) is 152 cm³/mol. The van der Waals surface area contributed by atoms with E-state index in [0.717, 1.165) is 31.6 Å². The number of carbonyl (C=O) groups is 2. The largest absolute Gasteiger partial charge is 0.414 e. The number of anilines is 3. The molecule has 218 valence electrons. The maximum atomic E-state index is 15.7. The zero-order chi connectivity index (χ0) is 29.5. The first-order valence-corrected chi connectivity index (χ1v) is 13.8. The molecule has 0 aromatic heterocycles. The van der Waals surface area contributed by atoms with E-state index in [1.807, 2.05) is 37.9 Å². The Morgan fingerprint density at radius 3 is 2.24 bits per heavy atom. The van der Waals surface area contributed by atoms with Crippen molar-refractivity contribution >= 4 is 35.1 Å². The molecule has 3 aliphatic heterocycles. The molecular weight excluding hydrogens is 538 g/mol. The zero-order valence-corrected chi connectivity index (χ0v) is 23.2. The second-order valence-corrected chi connectivity index (χ2v) is 11.0. The van der Waals surface area contributed by atoms with Gasteiger partial charge in [-0.05, 0) is 63.6 Å². The average Bonchev–Trinajstić information content (AvgIpc) is 3.47. The Morgan fingerprint density at radius 2 is 1.63 bits per heavy atom. The Kier molecular flexibility index (Phi) is 7.91. The van der Waals surface area contributed by atoms with Gasteiger partial charge in [-0.25, -0.2) is 9.38 Å². The highest BCUT2D eigenvalue weighted by atomic mass is 19.4. The number of aliphatic imine (C=N–C) groups is 1. The van der Waals surface area contributed by atoms with Crippen LogP contribution in [0.1, 0.15) is 26.7 Å². The van der Waals surface area contributed by atoms with Crippen LogP contribution in [0.3, 0.4) is 0 Å². The minimum absolute atomic E-state index is 0.111. The summed E-state index contributed by atoms with van der Waals surface area (Å²) in [5.74, 6) is -4.42. The number of halogens is 4. The summed E-state index contributed by atoms with van der Waals surface area (Å²) in [4.78, 5) is 34.7. The number of piperazine rings is 1. The number of nitrogens with one attached hydrogen (secondary N) is 1.